The van der Waals surface area contributed by atoms with Crippen LogP contribution in [-0.4, -0.2) is 11.8 Å². The maximum Gasteiger partial charge on any atom is 0.189 e. The lowest BCUT2D eigenvalue weighted by atomic mass is 9.90. The van der Waals surface area contributed by atoms with Gasteiger partial charge in [0.15, 0.2) is 5.78 Å². The summed E-state index contributed by atoms with van der Waals surface area (Å²) in [6.45, 7) is 11.9. The maximum atomic E-state index is 13.7. The molecule has 0 spiro atoms. The quantitative estimate of drug-likeness (QED) is 0.341. The highest BCUT2D eigenvalue weighted by molar-refractivity contribution is 6.25. The second-order valence-electron chi connectivity index (χ2n) is 7.29. The predicted molar refractivity (Wildman–Crippen MR) is 131 cm³/mol. The summed E-state index contributed by atoms with van der Waals surface area (Å²) in [7, 11) is 0. The second kappa shape index (κ2) is 11.8. The van der Waals surface area contributed by atoms with Crippen molar-refractivity contribution in [1.29, 1.82) is 0 Å². The van der Waals surface area contributed by atoms with Crippen molar-refractivity contribution in [2.75, 3.05) is 5.32 Å². The van der Waals surface area contributed by atoms with Gasteiger partial charge in [0.1, 0.15) is 6.04 Å². The van der Waals surface area contributed by atoms with E-state index in [9.17, 15) is 4.79 Å². The summed E-state index contributed by atoms with van der Waals surface area (Å²) in [5, 5.41) is 3.47. The van der Waals surface area contributed by atoms with Crippen molar-refractivity contribution >= 4 is 17.0 Å². The van der Waals surface area contributed by atoms with Crippen molar-refractivity contribution in [3.63, 3.8) is 0 Å². The Hall–Kier alpha value is -3.13. The SMILES string of the molecule is C=C/C=C\C(=C/C)C(Nc1ccc(CCC)cc1)C(=O)/C(=C/C)c1ccccc1C. The molecule has 2 rings (SSSR count). The molecule has 0 aliphatic heterocycles. The van der Waals surface area contributed by atoms with Gasteiger partial charge in [-0.1, -0.05) is 86.7 Å². The van der Waals surface area contributed by atoms with Crippen LogP contribution in [0.3, 0.4) is 0 Å². The number of carbonyl (C=O) groups is 1. The molecule has 0 saturated heterocycles. The molecule has 0 aromatic heterocycles. The molecule has 2 heteroatoms. The van der Waals surface area contributed by atoms with Gasteiger partial charge < -0.3 is 5.32 Å². The molecule has 156 valence electrons. The zero-order valence-electron chi connectivity index (χ0n) is 18.6. The minimum Gasteiger partial charge on any atom is -0.371 e. The number of nitrogens with one attached hydrogen (secondary N) is 1. The minimum atomic E-state index is -0.492. The van der Waals surface area contributed by atoms with E-state index in [4.69, 9.17) is 0 Å². The highest BCUT2D eigenvalue weighted by atomic mass is 16.1. The lowest BCUT2D eigenvalue weighted by Gasteiger charge is -2.22. The summed E-state index contributed by atoms with van der Waals surface area (Å²) in [6, 6.07) is 15.9. The van der Waals surface area contributed by atoms with Crippen molar-refractivity contribution in [2.45, 2.75) is 46.6 Å². The highest BCUT2D eigenvalue weighted by Crippen LogP contribution is 2.25. The van der Waals surface area contributed by atoms with Crippen molar-refractivity contribution < 1.29 is 4.79 Å². The average molecular weight is 400 g/mol. The van der Waals surface area contributed by atoms with E-state index < -0.39 is 6.04 Å². The summed E-state index contributed by atoms with van der Waals surface area (Å²) in [5.41, 5.74) is 5.92. The third-order valence-corrected chi connectivity index (χ3v) is 5.15. The standard InChI is InChI=1S/C28H33NO/c1-6-10-15-23(8-3)27(29-24-19-17-22(13-7-2)18-20-24)28(30)25(9-4)26-16-12-11-14-21(26)5/h6,8-12,14-20,27,29H,1,7,13H2,2-5H3/b15-10-,23-8+,25-9+. The van der Waals surface area contributed by atoms with E-state index in [1.165, 1.54) is 5.56 Å². The number of anilines is 1. The van der Waals surface area contributed by atoms with Gasteiger partial charge >= 0.3 is 0 Å². The molecule has 1 unspecified atom stereocenters. The van der Waals surface area contributed by atoms with Crippen molar-refractivity contribution in [3.8, 4) is 0 Å². The largest absolute Gasteiger partial charge is 0.371 e. The van der Waals surface area contributed by atoms with E-state index in [-0.39, 0.29) is 5.78 Å². The molecule has 2 nitrogen and oxygen atoms in total. The average Bonchev–Trinajstić information content (AvgIpc) is 2.76. The molecule has 30 heavy (non-hydrogen) atoms. The lowest BCUT2D eigenvalue weighted by molar-refractivity contribution is -0.113. The molecular weight excluding hydrogens is 366 g/mol. The van der Waals surface area contributed by atoms with Crippen LogP contribution in [0.4, 0.5) is 5.69 Å². The van der Waals surface area contributed by atoms with Crippen LogP contribution in [0.25, 0.3) is 5.57 Å². The van der Waals surface area contributed by atoms with Crippen molar-refractivity contribution in [1.82, 2.24) is 0 Å². The summed E-state index contributed by atoms with van der Waals surface area (Å²) in [6.07, 6.45) is 11.6. The number of hydrogen-bond acceptors (Lipinski definition) is 2. The molecule has 0 amide bonds. The Kier molecular flexibility index (Phi) is 9.08. The van der Waals surface area contributed by atoms with Crippen LogP contribution in [0, 0.1) is 6.92 Å². The molecule has 1 atom stereocenters. The number of carbonyl (C=O) groups excluding carboxylic acids is 1. The summed E-state index contributed by atoms with van der Waals surface area (Å²) in [5.74, 6) is 0.0475. The Morgan fingerprint density at radius 1 is 1.07 bits per heavy atom. The lowest BCUT2D eigenvalue weighted by Crippen LogP contribution is -2.32. The minimum absolute atomic E-state index is 0.0475. The first-order valence-corrected chi connectivity index (χ1v) is 10.6. The topological polar surface area (TPSA) is 29.1 Å². The molecule has 0 aliphatic rings. The number of hydrogen-bond donors (Lipinski definition) is 1. The van der Waals surface area contributed by atoms with Crippen molar-refractivity contribution in [3.05, 3.63) is 108 Å². The fourth-order valence-electron chi connectivity index (χ4n) is 3.52. The van der Waals surface area contributed by atoms with Crippen LogP contribution in [0.15, 0.2) is 91.1 Å². The van der Waals surface area contributed by atoms with Crippen molar-refractivity contribution in [2.24, 2.45) is 0 Å². The van der Waals surface area contributed by atoms with Gasteiger partial charge in [-0.2, -0.15) is 0 Å². The number of Topliss-reactive ketones (excluding diaryl/α,β-unsaturated/α-hetero) is 1. The van der Waals surface area contributed by atoms with E-state index in [2.05, 4.69) is 43.1 Å². The molecule has 0 fully saturated rings. The van der Waals surface area contributed by atoms with Crippen LogP contribution in [0.5, 0.6) is 0 Å². The third kappa shape index (κ3) is 5.93. The smallest absolute Gasteiger partial charge is 0.189 e. The van der Waals surface area contributed by atoms with Crippen LogP contribution in [-0.2, 0) is 11.2 Å². The number of ketones is 1. The van der Waals surface area contributed by atoms with E-state index in [0.717, 1.165) is 40.8 Å². The number of benzene rings is 2. The van der Waals surface area contributed by atoms with Crippen LogP contribution in [0.2, 0.25) is 0 Å². The van der Waals surface area contributed by atoms with Gasteiger partial charge in [-0.15, -0.1) is 0 Å². The number of aryl methyl sites for hydroxylation is 2. The monoisotopic (exact) mass is 399 g/mol. The van der Waals surface area contributed by atoms with Gasteiger partial charge in [0.05, 0.1) is 0 Å². The predicted octanol–water partition coefficient (Wildman–Crippen LogP) is 7.09. The molecular formula is C28H33NO. The Labute approximate surface area is 181 Å². The molecule has 0 heterocycles. The van der Waals surface area contributed by atoms with Crippen LogP contribution >= 0.6 is 0 Å². The first kappa shape index (κ1) is 23.2. The van der Waals surface area contributed by atoms with Gasteiger partial charge in [0.25, 0.3) is 0 Å². The molecule has 0 bridgehead atoms. The molecule has 2 aromatic rings. The van der Waals surface area contributed by atoms with Gasteiger partial charge in [0.2, 0.25) is 0 Å². The van der Waals surface area contributed by atoms with Gasteiger partial charge in [0, 0.05) is 11.3 Å². The molecule has 0 aliphatic carbocycles. The fourth-order valence-corrected chi connectivity index (χ4v) is 3.52. The first-order valence-electron chi connectivity index (χ1n) is 10.6. The molecule has 1 N–H and O–H groups in total. The third-order valence-electron chi connectivity index (χ3n) is 5.15. The first-order chi connectivity index (χ1) is 14.5. The van der Waals surface area contributed by atoms with Crippen LogP contribution in [0.1, 0.15) is 43.9 Å². The Bertz CT molecular complexity index is 945. The number of rotatable bonds is 10. The summed E-state index contributed by atoms with van der Waals surface area (Å²) < 4.78 is 0. The molecule has 0 radical (unpaired) electrons. The second-order valence-corrected chi connectivity index (χ2v) is 7.29. The Balaban J connectivity index is 2.44. The zero-order valence-corrected chi connectivity index (χ0v) is 18.6. The maximum absolute atomic E-state index is 13.7. The van der Waals surface area contributed by atoms with Gasteiger partial charge in [-0.25, -0.2) is 0 Å². The molecule has 2 aromatic carbocycles. The highest BCUT2D eigenvalue weighted by Gasteiger charge is 2.25. The number of allylic oxidation sites excluding steroid dienone is 4. The molecule has 0 saturated carbocycles. The summed E-state index contributed by atoms with van der Waals surface area (Å²) in [4.78, 5) is 13.7. The summed E-state index contributed by atoms with van der Waals surface area (Å²) >= 11 is 0. The van der Waals surface area contributed by atoms with Gasteiger partial charge in [-0.05, 0) is 61.6 Å². The van der Waals surface area contributed by atoms with E-state index in [0.29, 0.717) is 0 Å². The van der Waals surface area contributed by atoms with E-state index in [1.807, 2.05) is 69.3 Å². The fraction of sp³-hybridized carbons (Fsp3) is 0.250. The van der Waals surface area contributed by atoms with Gasteiger partial charge in [-0.3, -0.25) is 4.79 Å². The zero-order chi connectivity index (χ0) is 21.9. The Morgan fingerprint density at radius 3 is 2.33 bits per heavy atom. The normalized spacial score (nSPS) is 13.3. The Morgan fingerprint density at radius 2 is 1.77 bits per heavy atom. The van der Waals surface area contributed by atoms with E-state index in [1.54, 1.807) is 6.08 Å². The van der Waals surface area contributed by atoms with E-state index >= 15 is 0 Å². The van der Waals surface area contributed by atoms with Crippen LogP contribution < -0.4 is 5.32 Å².